The SMILES string of the molecule is CN(C)CCOc1ccc(C(=O)N2CCC(c3ccc(Oc4ccc(C(F)(F)F)nn4)cc3)CC2)cc1NS(=O)(=O)Cc1ccccc1. The van der Waals surface area contributed by atoms with Crippen LogP contribution < -0.4 is 14.2 Å². The highest BCUT2D eigenvalue weighted by Crippen LogP contribution is 2.33. The van der Waals surface area contributed by atoms with Crippen molar-refractivity contribution in [1.82, 2.24) is 20.0 Å². The van der Waals surface area contributed by atoms with Crippen molar-refractivity contribution in [3.8, 4) is 17.4 Å². The number of rotatable bonds is 12. The van der Waals surface area contributed by atoms with Gasteiger partial charge in [0, 0.05) is 31.3 Å². The molecular weight excluding hydrogens is 647 g/mol. The summed E-state index contributed by atoms with van der Waals surface area (Å²) < 4.78 is 78.5. The Morgan fingerprint density at radius 2 is 1.67 bits per heavy atom. The predicted octanol–water partition coefficient (Wildman–Crippen LogP) is 6.19. The van der Waals surface area contributed by atoms with Gasteiger partial charge in [0.15, 0.2) is 5.69 Å². The molecule has 0 saturated carbocycles. The van der Waals surface area contributed by atoms with Crippen LogP contribution in [0.3, 0.4) is 0 Å². The minimum absolute atomic E-state index is 0.0529. The average molecular weight is 684 g/mol. The standard InChI is InChI=1S/C34H36F3N5O5S/c1-41(2)20-21-46-30-13-10-27(22-29(30)40-48(44,45)23-24-6-4-3-5-7-24)33(43)42-18-16-26(17-19-42)25-8-11-28(12-9-25)47-32-15-14-31(38-39-32)34(35,36)37/h3-15,22,26,40H,16-21,23H2,1-2H3. The lowest BCUT2D eigenvalue weighted by Crippen LogP contribution is -2.38. The van der Waals surface area contributed by atoms with Crippen LogP contribution in [0.1, 0.15) is 45.9 Å². The first-order chi connectivity index (χ1) is 22.9. The van der Waals surface area contributed by atoms with E-state index in [1.54, 1.807) is 53.4 Å². The maximum absolute atomic E-state index is 13.6. The van der Waals surface area contributed by atoms with E-state index in [1.165, 1.54) is 6.07 Å². The number of carbonyl (C=O) groups is 1. The van der Waals surface area contributed by atoms with Gasteiger partial charge in [-0.1, -0.05) is 42.5 Å². The third kappa shape index (κ3) is 9.44. The van der Waals surface area contributed by atoms with E-state index in [-0.39, 0.29) is 29.1 Å². The monoisotopic (exact) mass is 683 g/mol. The van der Waals surface area contributed by atoms with E-state index in [0.717, 1.165) is 17.7 Å². The summed E-state index contributed by atoms with van der Waals surface area (Å²) in [5.74, 6) is 0.432. The molecular formula is C34H36F3N5O5S. The topological polar surface area (TPSA) is 114 Å². The maximum atomic E-state index is 13.6. The number of halogens is 3. The zero-order chi connectivity index (χ0) is 34.3. The number of likely N-dealkylation sites (tertiary alicyclic amines) is 1. The highest BCUT2D eigenvalue weighted by Gasteiger charge is 2.33. The Bertz CT molecular complexity index is 1780. The molecule has 1 N–H and O–H groups in total. The lowest BCUT2D eigenvalue weighted by atomic mass is 9.89. The molecule has 1 aliphatic heterocycles. The van der Waals surface area contributed by atoms with Crippen LogP contribution in [0.2, 0.25) is 0 Å². The largest absolute Gasteiger partial charge is 0.490 e. The first-order valence-electron chi connectivity index (χ1n) is 15.3. The summed E-state index contributed by atoms with van der Waals surface area (Å²) in [6.07, 6.45) is -3.16. The van der Waals surface area contributed by atoms with Gasteiger partial charge >= 0.3 is 6.18 Å². The normalized spacial score (nSPS) is 14.2. The number of anilines is 1. The van der Waals surface area contributed by atoms with Crippen molar-refractivity contribution in [1.29, 1.82) is 0 Å². The number of ether oxygens (including phenoxy) is 2. The quantitative estimate of drug-likeness (QED) is 0.188. The van der Waals surface area contributed by atoms with Gasteiger partial charge in [0.2, 0.25) is 15.9 Å². The number of nitrogens with one attached hydrogen (secondary N) is 1. The molecule has 1 aliphatic rings. The third-order valence-corrected chi connectivity index (χ3v) is 9.02. The highest BCUT2D eigenvalue weighted by molar-refractivity contribution is 7.91. The molecule has 1 fully saturated rings. The van der Waals surface area contributed by atoms with E-state index in [4.69, 9.17) is 9.47 Å². The molecule has 3 aromatic carbocycles. The lowest BCUT2D eigenvalue weighted by Gasteiger charge is -2.32. The number of benzene rings is 3. The van der Waals surface area contributed by atoms with Gasteiger partial charge in [-0.05, 0) is 80.4 Å². The molecule has 0 spiro atoms. The summed E-state index contributed by atoms with van der Waals surface area (Å²) in [5, 5.41) is 6.66. The smallest absolute Gasteiger partial charge is 0.435 e. The van der Waals surface area contributed by atoms with Crippen molar-refractivity contribution in [3.05, 3.63) is 107 Å². The van der Waals surface area contributed by atoms with E-state index >= 15 is 0 Å². The molecule has 0 radical (unpaired) electrons. The lowest BCUT2D eigenvalue weighted by molar-refractivity contribution is -0.141. The van der Waals surface area contributed by atoms with Crippen molar-refractivity contribution < 1.29 is 35.9 Å². The second-order valence-corrected chi connectivity index (χ2v) is 13.4. The van der Waals surface area contributed by atoms with Gasteiger partial charge in [-0.15, -0.1) is 10.2 Å². The fourth-order valence-electron chi connectivity index (χ4n) is 5.26. The van der Waals surface area contributed by atoms with Crippen LogP contribution in [0.4, 0.5) is 18.9 Å². The molecule has 4 aromatic rings. The summed E-state index contributed by atoms with van der Waals surface area (Å²) in [6, 6.07) is 22.8. The number of carbonyl (C=O) groups excluding carboxylic acids is 1. The second-order valence-electron chi connectivity index (χ2n) is 11.7. The van der Waals surface area contributed by atoms with Gasteiger partial charge in [-0.2, -0.15) is 13.2 Å². The number of aromatic nitrogens is 2. The van der Waals surface area contributed by atoms with Crippen molar-refractivity contribution in [2.45, 2.75) is 30.7 Å². The number of likely N-dealkylation sites (N-methyl/N-ethyl adjacent to an activating group) is 1. The zero-order valence-electron chi connectivity index (χ0n) is 26.5. The molecule has 1 aromatic heterocycles. The summed E-state index contributed by atoms with van der Waals surface area (Å²) in [4.78, 5) is 17.3. The van der Waals surface area contributed by atoms with Crippen molar-refractivity contribution in [2.75, 3.05) is 45.1 Å². The molecule has 0 bridgehead atoms. The van der Waals surface area contributed by atoms with E-state index < -0.39 is 21.9 Å². The Morgan fingerprint density at radius 3 is 2.29 bits per heavy atom. The van der Waals surface area contributed by atoms with Gasteiger partial charge in [0.25, 0.3) is 5.91 Å². The van der Waals surface area contributed by atoms with E-state index in [2.05, 4.69) is 14.9 Å². The van der Waals surface area contributed by atoms with Gasteiger partial charge in [0.05, 0.1) is 11.4 Å². The predicted molar refractivity (Wildman–Crippen MR) is 175 cm³/mol. The number of hydrogen-bond acceptors (Lipinski definition) is 8. The molecule has 2 heterocycles. The molecule has 48 heavy (non-hydrogen) atoms. The molecule has 1 amide bonds. The second kappa shape index (κ2) is 15.0. The molecule has 0 atom stereocenters. The molecule has 5 rings (SSSR count). The zero-order valence-corrected chi connectivity index (χ0v) is 27.3. The Kier molecular flexibility index (Phi) is 10.8. The Balaban J connectivity index is 1.21. The van der Waals surface area contributed by atoms with Crippen LogP contribution in [0.15, 0.2) is 84.9 Å². The van der Waals surface area contributed by atoms with Gasteiger partial charge < -0.3 is 19.3 Å². The summed E-state index contributed by atoms with van der Waals surface area (Å²) in [7, 11) is 0.00646. The number of hydrogen-bond donors (Lipinski definition) is 1. The van der Waals surface area contributed by atoms with E-state index in [1.807, 2.05) is 37.2 Å². The van der Waals surface area contributed by atoms with Gasteiger partial charge in [-0.25, -0.2) is 8.42 Å². The highest BCUT2D eigenvalue weighted by atomic mass is 32.2. The first-order valence-corrected chi connectivity index (χ1v) is 17.0. The maximum Gasteiger partial charge on any atom is 0.435 e. The molecule has 14 heteroatoms. The minimum Gasteiger partial charge on any atom is -0.490 e. The van der Waals surface area contributed by atoms with Crippen molar-refractivity contribution in [3.63, 3.8) is 0 Å². The number of piperidine rings is 1. The molecule has 1 saturated heterocycles. The van der Waals surface area contributed by atoms with Crippen LogP contribution in [-0.4, -0.2) is 74.7 Å². The van der Waals surface area contributed by atoms with Crippen LogP contribution in [0.25, 0.3) is 0 Å². The van der Waals surface area contributed by atoms with Gasteiger partial charge in [-0.3, -0.25) is 9.52 Å². The van der Waals surface area contributed by atoms with Crippen molar-refractivity contribution >= 4 is 21.6 Å². The Hall–Kier alpha value is -4.69. The first kappa shape index (κ1) is 34.6. The number of amides is 1. The molecule has 254 valence electrons. The summed E-state index contributed by atoms with van der Waals surface area (Å²) in [5.41, 5.74) is 1.13. The fraction of sp³-hybridized carbons (Fsp3) is 0.324. The van der Waals surface area contributed by atoms with Crippen molar-refractivity contribution in [2.24, 2.45) is 0 Å². The third-order valence-electron chi connectivity index (χ3n) is 7.77. The average Bonchev–Trinajstić information content (AvgIpc) is 3.05. The summed E-state index contributed by atoms with van der Waals surface area (Å²) in [6.45, 7) is 1.95. The van der Waals surface area contributed by atoms with Crippen LogP contribution >= 0.6 is 0 Å². The number of alkyl halides is 3. The van der Waals surface area contributed by atoms with E-state index in [9.17, 15) is 26.4 Å². The number of nitrogens with zero attached hydrogens (tertiary/aromatic N) is 4. The summed E-state index contributed by atoms with van der Waals surface area (Å²) >= 11 is 0. The Morgan fingerprint density at radius 1 is 0.958 bits per heavy atom. The molecule has 10 nitrogen and oxygen atoms in total. The fourth-order valence-corrected chi connectivity index (χ4v) is 6.46. The van der Waals surface area contributed by atoms with Gasteiger partial charge in [0.1, 0.15) is 18.1 Å². The van der Waals surface area contributed by atoms with E-state index in [0.29, 0.717) is 61.7 Å². The molecule has 0 aliphatic carbocycles. The minimum atomic E-state index is -4.58. The van der Waals surface area contributed by atoms with Crippen LogP contribution in [0, 0.1) is 0 Å². The molecule has 0 unspecified atom stereocenters. The van der Waals surface area contributed by atoms with Crippen LogP contribution in [0.5, 0.6) is 17.4 Å². The van der Waals surface area contributed by atoms with Crippen LogP contribution in [-0.2, 0) is 22.0 Å². The number of sulfonamides is 1. The Labute approximate surface area is 277 Å².